The first-order chi connectivity index (χ1) is 18.8. The summed E-state index contributed by atoms with van der Waals surface area (Å²) >= 11 is 0. The molecule has 0 saturated heterocycles. The maximum atomic E-state index is 13.2. The SMILES string of the molecule is COc1cc(Cc2nccc3nc(-c4c(OC)ncnc4C4CC4)oc23)ccc1-c1nc(C(F)(F)F)cn1C. The topological polar surface area (TPSA) is 101 Å². The van der Waals surface area contributed by atoms with Crippen molar-refractivity contribution in [2.75, 3.05) is 14.2 Å². The van der Waals surface area contributed by atoms with E-state index >= 15 is 0 Å². The minimum absolute atomic E-state index is 0.149. The van der Waals surface area contributed by atoms with Gasteiger partial charge in [0.15, 0.2) is 11.3 Å². The van der Waals surface area contributed by atoms with Gasteiger partial charge in [-0.05, 0) is 36.6 Å². The number of fused-ring (bicyclic) bond motifs is 1. The van der Waals surface area contributed by atoms with E-state index in [2.05, 4.69) is 24.9 Å². The summed E-state index contributed by atoms with van der Waals surface area (Å²) < 4.78 is 58.1. The van der Waals surface area contributed by atoms with E-state index in [0.717, 1.165) is 30.3 Å². The lowest BCUT2D eigenvalue weighted by atomic mass is 10.0. The summed E-state index contributed by atoms with van der Waals surface area (Å²) in [6.45, 7) is 0. The number of hydrogen-bond acceptors (Lipinski definition) is 8. The van der Waals surface area contributed by atoms with Gasteiger partial charge < -0.3 is 18.5 Å². The van der Waals surface area contributed by atoms with E-state index in [9.17, 15) is 13.2 Å². The number of aryl methyl sites for hydroxylation is 1. The Morgan fingerprint density at radius 2 is 1.87 bits per heavy atom. The smallest absolute Gasteiger partial charge is 0.434 e. The number of methoxy groups -OCH3 is 2. The van der Waals surface area contributed by atoms with Gasteiger partial charge in [-0.1, -0.05) is 6.07 Å². The quantitative estimate of drug-likeness (QED) is 0.266. The van der Waals surface area contributed by atoms with Crippen molar-refractivity contribution in [3.8, 4) is 34.5 Å². The molecule has 0 unspecified atom stereocenters. The highest BCUT2D eigenvalue weighted by Crippen LogP contribution is 2.46. The lowest BCUT2D eigenvalue weighted by Gasteiger charge is -2.11. The Kier molecular flexibility index (Phi) is 5.96. The molecule has 0 bridgehead atoms. The van der Waals surface area contributed by atoms with E-state index < -0.39 is 11.9 Å². The Morgan fingerprint density at radius 1 is 1.05 bits per heavy atom. The molecule has 0 amide bonds. The van der Waals surface area contributed by atoms with Crippen LogP contribution in [0, 0.1) is 0 Å². The molecule has 6 rings (SSSR count). The second-order valence-corrected chi connectivity index (χ2v) is 9.31. The zero-order valence-corrected chi connectivity index (χ0v) is 21.3. The van der Waals surface area contributed by atoms with E-state index in [-0.39, 0.29) is 5.82 Å². The Labute approximate surface area is 220 Å². The van der Waals surface area contributed by atoms with E-state index in [4.69, 9.17) is 13.9 Å². The molecule has 1 aromatic carbocycles. The van der Waals surface area contributed by atoms with E-state index in [0.29, 0.717) is 57.8 Å². The minimum atomic E-state index is -4.54. The largest absolute Gasteiger partial charge is 0.496 e. The molecule has 200 valence electrons. The van der Waals surface area contributed by atoms with Crippen LogP contribution in [0.5, 0.6) is 11.6 Å². The van der Waals surface area contributed by atoms with Gasteiger partial charge in [0.05, 0.1) is 31.2 Å². The fraction of sp³-hybridized carbons (Fsp3) is 0.296. The average Bonchev–Trinajstić information content (AvgIpc) is 3.55. The fourth-order valence-corrected chi connectivity index (χ4v) is 4.62. The summed E-state index contributed by atoms with van der Waals surface area (Å²) in [5.41, 5.74) is 3.57. The van der Waals surface area contributed by atoms with Gasteiger partial charge in [-0.15, -0.1) is 0 Å². The monoisotopic (exact) mass is 536 g/mol. The highest BCUT2D eigenvalue weighted by Gasteiger charge is 2.35. The van der Waals surface area contributed by atoms with Gasteiger partial charge in [-0.2, -0.15) is 13.2 Å². The zero-order chi connectivity index (χ0) is 27.3. The van der Waals surface area contributed by atoms with Gasteiger partial charge in [-0.25, -0.2) is 19.9 Å². The summed E-state index contributed by atoms with van der Waals surface area (Å²) in [6, 6.07) is 7.02. The van der Waals surface area contributed by atoms with Crippen LogP contribution in [0.3, 0.4) is 0 Å². The number of halogens is 3. The van der Waals surface area contributed by atoms with Crippen LogP contribution in [0.15, 0.2) is 47.4 Å². The van der Waals surface area contributed by atoms with E-state index in [1.165, 1.54) is 25.1 Å². The molecule has 0 atom stereocenters. The fourth-order valence-electron chi connectivity index (χ4n) is 4.62. The van der Waals surface area contributed by atoms with Crippen molar-refractivity contribution < 1.29 is 27.1 Å². The number of rotatable bonds is 7. The van der Waals surface area contributed by atoms with Crippen LogP contribution in [-0.4, -0.2) is 43.7 Å². The normalized spacial score (nSPS) is 13.7. The molecule has 1 aliphatic carbocycles. The average molecular weight is 537 g/mol. The molecule has 4 heterocycles. The molecule has 0 radical (unpaired) electrons. The van der Waals surface area contributed by atoms with Gasteiger partial charge in [0.1, 0.15) is 29.0 Å². The molecule has 1 fully saturated rings. The maximum absolute atomic E-state index is 13.2. The van der Waals surface area contributed by atoms with Crippen molar-refractivity contribution in [2.24, 2.45) is 7.05 Å². The van der Waals surface area contributed by atoms with Gasteiger partial charge in [0, 0.05) is 31.8 Å². The first-order valence-corrected chi connectivity index (χ1v) is 12.2. The first kappa shape index (κ1) is 24.8. The molecule has 0 N–H and O–H groups in total. The number of imidazole rings is 1. The summed E-state index contributed by atoms with van der Waals surface area (Å²) in [4.78, 5) is 21.7. The van der Waals surface area contributed by atoms with Crippen molar-refractivity contribution >= 4 is 11.1 Å². The molecule has 9 nitrogen and oxygen atoms in total. The van der Waals surface area contributed by atoms with Crippen LogP contribution in [0.2, 0.25) is 0 Å². The molecule has 1 aliphatic rings. The van der Waals surface area contributed by atoms with Crippen LogP contribution < -0.4 is 9.47 Å². The summed E-state index contributed by atoms with van der Waals surface area (Å²) in [7, 11) is 4.52. The highest BCUT2D eigenvalue weighted by molar-refractivity contribution is 5.80. The third-order valence-corrected chi connectivity index (χ3v) is 6.64. The summed E-state index contributed by atoms with van der Waals surface area (Å²) in [5, 5.41) is 0. The lowest BCUT2D eigenvalue weighted by Crippen LogP contribution is -2.05. The van der Waals surface area contributed by atoms with Gasteiger partial charge in [0.25, 0.3) is 0 Å². The molecule has 4 aromatic heterocycles. The second-order valence-electron chi connectivity index (χ2n) is 9.31. The van der Waals surface area contributed by atoms with Crippen molar-refractivity contribution in [3.05, 3.63) is 65.6 Å². The van der Waals surface area contributed by atoms with Crippen LogP contribution in [0.25, 0.3) is 33.9 Å². The summed E-state index contributed by atoms with van der Waals surface area (Å²) in [5.74, 6) is 1.62. The van der Waals surface area contributed by atoms with Gasteiger partial charge >= 0.3 is 6.18 Å². The zero-order valence-electron chi connectivity index (χ0n) is 21.3. The number of benzene rings is 1. The second kappa shape index (κ2) is 9.37. The Hall–Kier alpha value is -4.48. The Balaban J connectivity index is 1.36. The van der Waals surface area contributed by atoms with Crippen LogP contribution >= 0.6 is 0 Å². The van der Waals surface area contributed by atoms with Crippen LogP contribution in [-0.2, 0) is 19.6 Å². The minimum Gasteiger partial charge on any atom is -0.496 e. The molecular weight excluding hydrogens is 513 g/mol. The third-order valence-electron chi connectivity index (χ3n) is 6.64. The van der Waals surface area contributed by atoms with Gasteiger partial charge in [-0.3, -0.25) is 4.98 Å². The molecule has 1 saturated carbocycles. The molecule has 0 aliphatic heterocycles. The van der Waals surface area contributed by atoms with Crippen molar-refractivity contribution in [3.63, 3.8) is 0 Å². The van der Waals surface area contributed by atoms with Gasteiger partial charge in [0.2, 0.25) is 11.8 Å². The van der Waals surface area contributed by atoms with E-state index in [1.54, 1.807) is 37.6 Å². The number of alkyl halides is 3. The first-order valence-electron chi connectivity index (χ1n) is 12.2. The standard InChI is InChI=1S/C27H23F3N6O3/c1-36-12-20(27(28,29)30)35-24(36)16-7-4-14(11-19(16)37-2)10-18-23-17(8-9-31-18)34-26(39-23)21-22(15-5-6-15)32-13-33-25(21)38-3/h4,7-9,11-13,15H,5-6,10H2,1-3H3. The van der Waals surface area contributed by atoms with E-state index in [1.807, 2.05) is 0 Å². The number of nitrogens with zero attached hydrogens (tertiary/aromatic N) is 6. The number of hydrogen-bond donors (Lipinski definition) is 0. The highest BCUT2D eigenvalue weighted by atomic mass is 19.4. The Bertz CT molecular complexity index is 1690. The predicted octanol–water partition coefficient (Wildman–Crippen LogP) is 5.58. The molecule has 5 aromatic rings. The number of aromatic nitrogens is 6. The Morgan fingerprint density at radius 3 is 2.56 bits per heavy atom. The molecule has 12 heteroatoms. The number of ether oxygens (including phenoxy) is 2. The number of pyridine rings is 1. The van der Waals surface area contributed by atoms with Crippen molar-refractivity contribution in [1.29, 1.82) is 0 Å². The van der Waals surface area contributed by atoms with Crippen LogP contribution in [0.1, 0.15) is 41.4 Å². The number of oxazole rings is 1. The third kappa shape index (κ3) is 4.55. The van der Waals surface area contributed by atoms with Crippen molar-refractivity contribution in [2.45, 2.75) is 31.4 Å². The summed E-state index contributed by atoms with van der Waals surface area (Å²) in [6.07, 6.45) is 1.99. The van der Waals surface area contributed by atoms with Crippen LogP contribution in [0.4, 0.5) is 13.2 Å². The lowest BCUT2D eigenvalue weighted by molar-refractivity contribution is -0.140. The molecule has 39 heavy (non-hydrogen) atoms. The predicted molar refractivity (Wildman–Crippen MR) is 134 cm³/mol. The maximum Gasteiger partial charge on any atom is 0.434 e. The molecule has 0 spiro atoms. The van der Waals surface area contributed by atoms with Crippen molar-refractivity contribution in [1.82, 2.24) is 29.5 Å². The molecular formula is C27H23F3N6O3.